The van der Waals surface area contributed by atoms with Crippen LogP contribution in [-0.4, -0.2) is 36.7 Å². The Labute approximate surface area is 192 Å². The molecule has 1 unspecified atom stereocenters. The lowest BCUT2D eigenvalue weighted by molar-refractivity contribution is 0.0942. The number of rotatable bonds is 12. The van der Waals surface area contributed by atoms with E-state index in [-0.39, 0.29) is 11.9 Å². The molecule has 0 spiro atoms. The van der Waals surface area contributed by atoms with Crippen molar-refractivity contribution in [2.24, 2.45) is 0 Å². The van der Waals surface area contributed by atoms with Gasteiger partial charge in [-0.25, -0.2) is 0 Å². The third-order valence-electron chi connectivity index (χ3n) is 5.28. The standard InChI is InChI=1S/C26H36N4O2/c1-5-13-29-22-9-7-8-21(15-22)24(31)17-28-14-12-20-11-10-19(6-2)25(23(20)16-27)26(32)30-18(3)4/h7-11,15,18,24,28-29,31H,5-6,12-14,17H2,1-4H3,(H,30,32). The van der Waals surface area contributed by atoms with Gasteiger partial charge >= 0.3 is 0 Å². The molecule has 0 saturated heterocycles. The summed E-state index contributed by atoms with van der Waals surface area (Å²) in [5.74, 6) is -0.199. The number of aliphatic hydroxyl groups excluding tert-OH is 1. The average Bonchev–Trinajstić information content (AvgIpc) is 2.79. The van der Waals surface area contributed by atoms with Crippen molar-refractivity contribution in [1.82, 2.24) is 10.6 Å². The van der Waals surface area contributed by atoms with Crippen LogP contribution in [0.2, 0.25) is 0 Å². The van der Waals surface area contributed by atoms with Gasteiger partial charge in [0.15, 0.2) is 0 Å². The minimum atomic E-state index is -0.622. The summed E-state index contributed by atoms with van der Waals surface area (Å²) in [7, 11) is 0. The number of benzene rings is 2. The summed E-state index contributed by atoms with van der Waals surface area (Å²) in [4.78, 5) is 12.7. The number of anilines is 1. The van der Waals surface area contributed by atoms with Gasteiger partial charge in [-0.3, -0.25) is 4.79 Å². The Morgan fingerprint density at radius 2 is 1.88 bits per heavy atom. The highest BCUT2D eigenvalue weighted by atomic mass is 16.3. The second-order valence-corrected chi connectivity index (χ2v) is 8.25. The van der Waals surface area contributed by atoms with Gasteiger partial charge in [0.1, 0.15) is 6.07 Å². The van der Waals surface area contributed by atoms with Gasteiger partial charge in [-0.2, -0.15) is 5.26 Å². The van der Waals surface area contributed by atoms with Gasteiger partial charge in [0.05, 0.1) is 17.2 Å². The highest BCUT2D eigenvalue weighted by Gasteiger charge is 2.19. The van der Waals surface area contributed by atoms with E-state index in [4.69, 9.17) is 0 Å². The molecule has 4 N–H and O–H groups in total. The Morgan fingerprint density at radius 3 is 2.53 bits per heavy atom. The van der Waals surface area contributed by atoms with Gasteiger partial charge in [0.25, 0.3) is 5.91 Å². The summed E-state index contributed by atoms with van der Waals surface area (Å²) >= 11 is 0. The molecule has 2 aromatic rings. The van der Waals surface area contributed by atoms with Crippen molar-refractivity contribution >= 4 is 11.6 Å². The van der Waals surface area contributed by atoms with E-state index >= 15 is 0 Å². The molecule has 0 aliphatic heterocycles. The number of carbonyl (C=O) groups excluding carboxylic acids is 1. The Balaban J connectivity index is 2.02. The maximum atomic E-state index is 12.7. The van der Waals surface area contributed by atoms with Crippen molar-refractivity contribution < 1.29 is 9.90 Å². The molecule has 1 amide bonds. The molecule has 0 fully saturated rings. The number of nitriles is 1. The average molecular weight is 437 g/mol. The normalized spacial score (nSPS) is 11.8. The predicted octanol–water partition coefficient (Wildman–Crippen LogP) is 3.95. The molecule has 1 atom stereocenters. The first-order chi connectivity index (χ1) is 15.4. The molecule has 0 aliphatic carbocycles. The zero-order chi connectivity index (χ0) is 23.5. The lowest BCUT2D eigenvalue weighted by Gasteiger charge is -2.17. The van der Waals surface area contributed by atoms with E-state index < -0.39 is 6.10 Å². The number of hydrogen-bond donors (Lipinski definition) is 4. The Morgan fingerprint density at radius 1 is 1.12 bits per heavy atom. The van der Waals surface area contributed by atoms with Crippen LogP contribution in [0.5, 0.6) is 0 Å². The highest BCUT2D eigenvalue weighted by molar-refractivity contribution is 5.98. The zero-order valence-corrected chi connectivity index (χ0v) is 19.7. The largest absolute Gasteiger partial charge is 0.387 e. The van der Waals surface area contributed by atoms with Crippen molar-refractivity contribution in [2.75, 3.05) is 25.0 Å². The van der Waals surface area contributed by atoms with Crippen molar-refractivity contribution in [3.8, 4) is 6.07 Å². The van der Waals surface area contributed by atoms with Crippen LogP contribution in [0.1, 0.15) is 72.8 Å². The monoisotopic (exact) mass is 436 g/mol. The van der Waals surface area contributed by atoms with Gasteiger partial charge in [0, 0.05) is 24.8 Å². The molecular weight excluding hydrogens is 400 g/mol. The Kier molecular flexibility index (Phi) is 10.2. The molecular formula is C26H36N4O2. The van der Waals surface area contributed by atoms with E-state index in [1.807, 2.05) is 57.2 Å². The quantitative estimate of drug-likeness (QED) is 0.378. The summed E-state index contributed by atoms with van der Waals surface area (Å²) in [6.07, 6.45) is 1.70. The topological polar surface area (TPSA) is 97.2 Å². The second kappa shape index (κ2) is 12.8. The smallest absolute Gasteiger partial charge is 0.253 e. The van der Waals surface area contributed by atoms with E-state index in [1.54, 1.807) is 0 Å². The maximum absolute atomic E-state index is 12.7. The van der Waals surface area contributed by atoms with E-state index in [0.29, 0.717) is 37.1 Å². The third kappa shape index (κ3) is 7.08. The molecule has 0 saturated carbocycles. The van der Waals surface area contributed by atoms with Crippen LogP contribution in [0, 0.1) is 11.3 Å². The number of nitrogens with zero attached hydrogens (tertiary/aromatic N) is 1. The first-order valence-electron chi connectivity index (χ1n) is 11.5. The van der Waals surface area contributed by atoms with Crippen LogP contribution in [0.4, 0.5) is 5.69 Å². The molecule has 2 rings (SSSR count). The molecule has 0 bridgehead atoms. The van der Waals surface area contributed by atoms with Crippen molar-refractivity contribution in [3.05, 3.63) is 64.2 Å². The first-order valence-corrected chi connectivity index (χ1v) is 11.5. The van der Waals surface area contributed by atoms with Gasteiger partial charge in [-0.1, -0.05) is 38.1 Å². The summed E-state index contributed by atoms with van der Waals surface area (Å²) in [5.41, 5.74) is 4.51. The Bertz CT molecular complexity index is 934. The van der Waals surface area contributed by atoms with Crippen molar-refractivity contribution in [3.63, 3.8) is 0 Å². The van der Waals surface area contributed by atoms with Crippen LogP contribution in [0.3, 0.4) is 0 Å². The lowest BCUT2D eigenvalue weighted by atomic mass is 9.93. The molecule has 0 radical (unpaired) electrons. The second-order valence-electron chi connectivity index (χ2n) is 8.25. The Hall–Kier alpha value is -2.88. The minimum Gasteiger partial charge on any atom is -0.387 e. The lowest BCUT2D eigenvalue weighted by Crippen LogP contribution is -2.32. The number of amides is 1. The van der Waals surface area contributed by atoms with E-state index in [1.165, 1.54) is 0 Å². The number of carbonyl (C=O) groups is 1. The number of aryl methyl sites for hydroxylation is 1. The molecule has 0 heterocycles. The van der Waals surface area contributed by atoms with Crippen LogP contribution in [0.15, 0.2) is 36.4 Å². The number of aliphatic hydroxyl groups is 1. The van der Waals surface area contributed by atoms with Crippen LogP contribution >= 0.6 is 0 Å². The minimum absolute atomic E-state index is 0.00114. The fourth-order valence-electron chi connectivity index (χ4n) is 3.62. The highest BCUT2D eigenvalue weighted by Crippen LogP contribution is 2.21. The van der Waals surface area contributed by atoms with E-state index in [2.05, 4.69) is 28.9 Å². The molecule has 6 nitrogen and oxygen atoms in total. The van der Waals surface area contributed by atoms with Crippen LogP contribution < -0.4 is 16.0 Å². The van der Waals surface area contributed by atoms with E-state index in [0.717, 1.165) is 35.3 Å². The summed E-state index contributed by atoms with van der Waals surface area (Å²) in [5, 5.41) is 29.8. The zero-order valence-electron chi connectivity index (χ0n) is 19.7. The molecule has 32 heavy (non-hydrogen) atoms. The van der Waals surface area contributed by atoms with Gasteiger partial charge in [0.2, 0.25) is 0 Å². The van der Waals surface area contributed by atoms with Gasteiger partial charge < -0.3 is 21.1 Å². The van der Waals surface area contributed by atoms with Gasteiger partial charge in [-0.15, -0.1) is 0 Å². The summed E-state index contributed by atoms with van der Waals surface area (Å²) < 4.78 is 0. The fourth-order valence-corrected chi connectivity index (χ4v) is 3.62. The molecule has 2 aromatic carbocycles. The SMILES string of the molecule is CCCNc1cccc(C(O)CNCCc2ccc(CC)c(C(=O)NC(C)C)c2C#N)c1. The summed E-state index contributed by atoms with van der Waals surface area (Å²) in [6.45, 7) is 9.81. The van der Waals surface area contributed by atoms with Gasteiger partial charge in [-0.05, 0) is 68.5 Å². The maximum Gasteiger partial charge on any atom is 0.253 e. The molecule has 0 aliphatic rings. The third-order valence-corrected chi connectivity index (χ3v) is 5.28. The first kappa shape index (κ1) is 25.4. The van der Waals surface area contributed by atoms with Crippen molar-refractivity contribution in [2.45, 2.75) is 59.1 Å². The molecule has 0 aromatic heterocycles. The van der Waals surface area contributed by atoms with E-state index in [9.17, 15) is 15.2 Å². The fraction of sp³-hybridized carbons (Fsp3) is 0.462. The molecule has 172 valence electrons. The van der Waals surface area contributed by atoms with Crippen molar-refractivity contribution in [1.29, 1.82) is 5.26 Å². The number of nitrogens with one attached hydrogen (secondary N) is 3. The predicted molar refractivity (Wildman–Crippen MR) is 130 cm³/mol. The number of hydrogen-bond acceptors (Lipinski definition) is 5. The van der Waals surface area contributed by atoms with Crippen LogP contribution in [0.25, 0.3) is 0 Å². The van der Waals surface area contributed by atoms with Crippen LogP contribution in [-0.2, 0) is 12.8 Å². The summed E-state index contributed by atoms with van der Waals surface area (Å²) in [6, 6.07) is 13.9. The molecule has 6 heteroatoms.